The standard InChI is InChI=1S/C25H22N2O2/c1-17-7-6-8-19(13-17)25(29)27(22-9-4-3-5-10-22)16-21-15-20-14-18(2)11-12-23(20)26-24(21)28/h3-15H,16H2,1-2H3,(H,26,28). The van der Waals surface area contributed by atoms with Crippen LogP contribution in [0.1, 0.15) is 27.0 Å². The monoisotopic (exact) mass is 382 g/mol. The molecule has 0 aliphatic heterocycles. The molecule has 144 valence electrons. The number of carbonyl (C=O) groups is 1. The van der Waals surface area contributed by atoms with Gasteiger partial charge in [-0.15, -0.1) is 0 Å². The van der Waals surface area contributed by atoms with E-state index in [1.54, 1.807) is 11.0 Å². The number of hydrogen-bond donors (Lipinski definition) is 1. The van der Waals surface area contributed by atoms with Crippen molar-refractivity contribution in [2.45, 2.75) is 20.4 Å². The van der Waals surface area contributed by atoms with Crippen molar-refractivity contribution in [3.63, 3.8) is 0 Å². The summed E-state index contributed by atoms with van der Waals surface area (Å²) in [5, 5.41) is 0.954. The number of anilines is 1. The minimum Gasteiger partial charge on any atom is -0.322 e. The fourth-order valence-corrected chi connectivity index (χ4v) is 3.48. The van der Waals surface area contributed by atoms with Gasteiger partial charge in [-0.2, -0.15) is 0 Å². The summed E-state index contributed by atoms with van der Waals surface area (Å²) < 4.78 is 0. The van der Waals surface area contributed by atoms with Gasteiger partial charge in [-0.25, -0.2) is 0 Å². The van der Waals surface area contributed by atoms with Crippen LogP contribution in [0.5, 0.6) is 0 Å². The summed E-state index contributed by atoms with van der Waals surface area (Å²) in [6.45, 7) is 4.16. The van der Waals surface area contributed by atoms with Gasteiger partial charge in [-0.3, -0.25) is 9.59 Å². The van der Waals surface area contributed by atoms with Crippen LogP contribution < -0.4 is 10.5 Å². The van der Waals surface area contributed by atoms with Crippen molar-refractivity contribution in [1.29, 1.82) is 0 Å². The number of benzene rings is 3. The largest absolute Gasteiger partial charge is 0.322 e. The van der Waals surface area contributed by atoms with Crippen LogP contribution in [0.15, 0.2) is 83.7 Å². The van der Waals surface area contributed by atoms with Crippen LogP contribution in [0.25, 0.3) is 10.9 Å². The lowest BCUT2D eigenvalue weighted by molar-refractivity contribution is 0.0985. The first kappa shape index (κ1) is 18.7. The fourth-order valence-electron chi connectivity index (χ4n) is 3.48. The normalized spacial score (nSPS) is 10.8. The minimum atomic E-state index is -0.181. The number of rotatable bonds is 4. The van der Waals surface area contributed by atoms with Crippen molar-refractivity contribution in [3.8, 4) is 0 Å². The highest BCUT2D eigenvalue weighted by Crippen LogP contribution is 2.21. The second-order valence-electron chi connectivity index (χ2n) is 7.31. The molecule has 4 nitrogen and oxygen atoms in total. The predicted octanol–water partition coefficient (Wildman–Crippen LogP) is 4.99. The van der Waals surface area contributed by atoms with Crippen LogP contribution in [0, 0.1) is 13.8 Å². The van der Waals surface area contributed by atoms with E-state index in [2.05, 4.69) is 4.98 Å². The minimum absolute atomic E-state index is 0.136. The van der Waals surface area contributed by atoms with Gasteiger partial charge in [0.05, 0.1) is 6.54 Å². The van der Waals surface area contributed by atoms with E-state index >= 15 is 0 Å². The smallest absolute Gasteiger partial charge is 0.258 e. The Morgan fingerprint density at radius 3 is 2.38 bits per heavy atom. The second-order valence-corrected chi connectivity index (χ2v) is 7.31. The van der Waals surface area contributed by atoms with Gasteiger partial charge in [-0.05, 0) is 61.7 Å². The number of para-hydroxylation sites is 1. The van der Waals surface area contributed by atoms with Crippen LogP contribution in [0.2, 0.25) is 0 Å². The van der Waals surface area contributed by atoms with E-state index in [1.807, 2.05) is 86.6 Å². The molecule has 29 heavy (non-hydrogen) atoms. The molecule has 0 saturated heterocycles. The Kier molecular flexibility index (Phi) is 5.00. The van der Waals surface area contributed by atoms with Crippen molar-refractivity contribution >= 4 is 22.5 Å². The number of H-pyrrole nitrogens is 1. The highest BCUT2D eigenvalue weighted by Gasteiger charge is 2.20. The molecule has 0 aliphatic carbocycles. The molecule has 4 heteroatoms. The highest BCUT2D eigenvalue weighted by molar-refractivity contribution is 6.06. The van der Waals surface area contributed by atoms with Crippen LogP contribution in [-0.2, 0) is 6.54 Å². The lowest BCUT2D eigenvalue weighted by Crippen LogP contribution is -2.32. The number of aromatic nitrogens is 1. The molecule has 0 fully saturated rings. The predicted molar refractivity (Wildman–Crippen MR) is 117 cm³/mol. The molecule has 0 bridgehead atoms. The van der Waals surface area contributed by atoms with Crippen molar-refractivity contribution in [1.82, 2.24) is 4.98 Å². The first-order valence-corrected chi connectivity index (χ1v) is 9.57. The maximum Gasteiger partial charge on any atom is 0.258 e. The van der Waals surface area contributed by atoms with Gasteiger partial charge >= 0.3 is 0 Å². The summed E-state index contributed by atoms with van der Waals surface area (Å²) in [6.07, 6.45) is 0. The average molecular weight is 382 g/mol. The summed E-state index contributed by atoms with van der Waals surface area (Å²) >= 11 is 0. The van der Waals surface area contributed by atoms with Gasteiger partial charge in [0.15, 0.2) is 0 Å². The molecule has 1 N–H and O–H groups in total. The number of hydrogen-bond acceptors (Lipinski definition) is 2. The van der Waals surface area contributed by atoms with Crippen molar-refractivity contribution in [3.05, 3.63) is 111 Å². The Morgan fingerprint density at radius 2 is 1.62 bits per heavy atom. The molecule has 4 aromatic rings. The van der Waals surface area contributed by atoms with Crippen molar-refractivity contribution < 1.29 is 4.79 Å². The SMILES string of the molecule is Cc1cccc(C(=O)N(Cc2cc3cc(C)ccc3[nH]c2=O)c2ccccc2)c1. The number of amides is 1. The topological polar surface area (TPSA) is 53.2 Å². The summed E-state index contributed by atoms with van der Waals surface area (Å²) in [4.78, 5) is 30.6. The molecular formula is C25H22N2O2. The van der Waals surface area contributed by atoms with E-state index in [9.17, 15) is 9.59 Å². The van der Waals surface area contributed by atoms with Crippen molar-refractivity contribution in [2.24, 2.45) is 0 Å². The molecule has 0 spiro atoms. The maximum atomic E-state index is 13.3. The zero-order valence-corrected chi connectivity index (χ0v) is 16.5. The van der Waals surface area contributed by atoms with Gasteiger partial charge in [0, 0.05) is 22.3 Å². The van der Waals surface area contributed by atoms with Crippen molar-refractivity contribution in [2.75, 3.05) is 4.90 Å². The Balaban J connectivity index is 1.78. The van der Waals surface area contributed by atoms with Crippen LogP contribution in [0.4, 0.5) is 5.69 Å². The second kappa shape index (κ2) is 7.76. The molecule has 4 rings (SSSR count). The lowest BCUT2D eigenvalue weighted by atomic mass is 10.1. The molecule has 0 aliphatic rings. The number of pyridine rings is 1. The van der Waals surface area contributed by atoms with E-state index in [1.165, 1.54) is 0 Å². The summed E-state index contributed by atoms with van der Waals surface area (Å²) in [5.74, 6) is -0.136. The van der Waals surface area contributed by atoms with Crippen LogP contribution >= 0.6 is 0 Å². The number of carbonyl (C=O) groups excluding carboxylic acids is 1. The van der Waals surface area contributed by atoms with Gasteiger partial charge < -0.3 is 9.88 Å². The summed E-state index contributed by atoms with van der Waals surface area (Å²) in [6, 6.07) is 24.7. The number of nitrogens with one attached hydrogen (secondary N) is 1. The van der Waals surface area contributed by atoms with E-state index in [0.717, 1.165) is 27.7 Å². The number of aryl methyl sites for hydroxylation is 2. The molecule has 1 aromatic heterocycles. The highest BCUT2D eigenvalue weighted by atomic mass is 16.2. The van der Waals surface area contributed by atoms with Gasteiger partial charge in [0.2, 0.25) is 0 Å². The average Bonchev–Trinajstić information content (AvgIpc) is 2.72. The van der Waals surface area contributed by atoms with Crippen LogP contribution in [-0.4, -0.2) is 10.9 Å². The Bertz CT molecular complexity index is 1240. The Hall–Kier alpha value is -3.66. The number of aromatic amines is 1. The number of fused-ring (bicyclic) bond motifs is 1. The molecule has 0 atom stereocenters. The third-order valence-corrected chi connectivity index (χ3v) is 4.98. The maximum absolute atomic E-state index is 13.3. The van der Waals surface area contributed by atoms with E-state index in [4.69, 9.17) is 0 Å². The molecule has 1 amide bonds. The molecule has 0 unspecified atom stereocenters. The van der Waals surface area contributed by atoms with Crippen LogP contribution in [0.3, 0.4) is 0 Å². The third-order valence-electron chi connectivity index (χ3n) is 4.98. The first-order chi connectivity index (χ1) is 14.0. The number of nitrogens with zero attached hydrogens (tertiary/aromatic N) is 1. The van der Waals surface area contributed by atoms with Gasteiger partial charge in [0.1, 0.15) is 0 Å². The molecular weight excluding hydrogens is 360 g/mol. The summed E-state index contributed by atoms with van der Waals surface area (Å²) in [5.41, 5.74) is 4.65. The first-order valence-electron chi connectivity index (χ1n) is 9.57. The molecule has 3 aromatic carbocycles. The van der Waals surface area contributed by atoms with E-state index in [0.29, 0.717) is 11.1 Å². The molecule has 1 heterocycles. The Morgan fingerprint density at radius 1 is 0.862 bits per heavy atom. The Labute approximate surface area is 169 Å². The third kappa shape index (κ3) is 3.97. The van der Waals surface area contributed by atoms with E-state index < -0.39 is 0 Å². The zero-order chi connectivity index (χ0) is 20.4. The molecule has 0 radical (unpaired) electrons. The van der Waals surface area contributed by atoms with Gasteiger partial charge in [0.25, 0.3) is 11.5 Å². The lowest BCUT2D eigenvalue weighted by Gasteiger charge is -2.23. The zero-order valence-electron chi connectivity index (χ0n) is 16.5. The molecule has 0 saturated carbocycles. The quantitative estimate of drug-likeness (QED) is 0.540. The summed E-state index contributed by atoms with van der Waals surface area (Å²) in [7, 11) is 0. The van der Waals surface area contributed by atoms with Gasteiger partial charge in [-0.1, -0.05) is 47.5 Å². The van der Waals surface area contributed by atoms with E-state index in [-0.39, 0.29) is 18.0 Å². The fraction of sp³-hybridized carbons (Fsp3) is 0.120.